The molecular formula is C32H38N6O5. The summed E-state index contributed by atoms with van der Waals surface area (Å²) < 4.78 is 16.4. The fourth-order valence-electron chi connectivity index (χ4n) is 5.21. The first-order valence-corrected chi connectivity index (χ1v) is 14.2. The largest absolute Gasteiger partial charge is 0.453 e. The van der Waals surface area contributed by atoms with Gasteiger partial charge in [-0.25, -0.2) is 9.78 Å². The van der Waals surface area contributed by atoms with Gasteiger partial charge in [-0.15, -0.1) is 0 Å². The van der Waals surface area contributed by atoms with Crippen molar-refractivity contribution in [2.24, 2.45) is 5.92 Å². The van der Waals surface area contributed by atoms with Gasteiger partial charge in [-0.05, 0) is 59.4 Å². The zero-order valence-electron chi connectivity index (χ0n) is 24.8. The van der Waals surface area contributed by atoms with Crippen molar-refractivity contribution < 1.29 is 23.8 Å². The van der Waals surface area contributed by atoms with Gasteiger partial charge in [0.2, 0.25) is 5.91 Å². The van der Waals surface area contributed by atoms with Crippen LogP contribution >= 0.6 is 0 Å². The quantitative estimate of drug-likeness (QED) is 0.208. The summed E-state index contributed by atoms with van der Waals surface area (Å²) in [6.45, 7) is 6.73. The average molecular weight is 587 g/mol. The van der Waals surface area contributed by atoms with Crippen LogP contribution in [0.3, 0.4) is 0 Å². The minimum absolute atomic E-state index is 0.159. The third-order valence-corrected chi connectivity index (χ3v) is 7.59. The van der Waals surface area contributed by atoms with Crippen molar-refractivity contribution in [3.63, 3.8) is 0 Å². The molecule has 3 aromatic carbocycles. The number of methoxy groups -OCH3 is 1. The minimum atomic E-state index is -0.966. The Morgan fingerprint density at radius 2 is 1.58 bits per heavy atom. The molecule has 1 aromatic heterocycles. The number of hydrogen-bond acceptors (Lipinski definition) is 8. The molecule has 226 valence electrons. The highest BCUT2D eigenvalue weighted by Crippen LogP contribution is 2.29. The second-order valence-electron chi connectivity index (χ2n) is 11.2. The molecule has 1 unspecified atom stereocenters. The molecule has 0 bridgehead atoms. The number of fused-ring (bicyclic) bond motifs is 1. The molecule has 0 saturated carbocycles. The van der Waals surface area contributed by atoms with Crippen molar-refractivity contribution in [3.05, 3.63) is 66.5 Å². The van der Waals surface area contributed by atoms with E-state index in [0.717, 1.165) is 33.3 Å². The van der Waals surface area contributed by atoms with Gasteiger partial charge >= 0.3 is 6.09 Å². The molecule has 6 N–H and O–H groups in total. The number of nitrogen functional groups attached to an aromatic ring is 2. The lowest BCUT2D eigenvalue weighted by atomic mass is 9.99. The molecule has 0 spiro atoms. The van der Waals surface area contributed by atoms with Crippen molar-refractivity contribution in [1.29, 1.82) is 0 Å². The number of amides is 2. The maximum absolute atomic E-state index is 13.8. The third kappa shape index (κ3) is 6.73. The number of nitrogens with zero attached hydrogens (tertiary/aromatic N) is 2. The summed E-state index contributed by atoms with van der Waals surface area (Å²) in [5.74, 6) is -0.843. The van der Waals surface area contributed by atoms with E-state index in [1.165, 1.54) is 7.11 Å². The SMILES string of the molecule is COC(=O)NC(C(=O)N(Cc1nc2ccc(-c3ccc(-c4ccc(N)c(N)c4)cc3)cc2[nH]1)CC1(C)OCCO1)C(C)C. The zero-order chi connectivity index (χ0) is 30.7. The van der Waals surface area contributed by atoms with Crippen LogP contribution in [0, 0.1) is 5.92 Å². The number of aromatic amines is 1. The lowest BCUT2D eigenvalue weighted by Crippen LogP contribution is -2.54. The van der Waals surface area contributed by atoms with Gasteiger partial charge in [0.05, 0.1) is 55.8 Å². The summed E-state index contributed by atoms with van der Waals surface area (Å²) in [6, 6.07) is 19.0. The highest BCUT2D eigenvalue weighted by atomic mass is 16.7. The van der Waals surface area contributed by atoms with E-state index in [2.05, 4.69) is 22.4 Å². The van der Waals surface area contributed by atoms with Crippen LogP contribution in [0.2, 0.25) is 0 Å². The van der Waals surface area contributed by atoms with E-state index < -0.39 is 17.9 Å². The Hall–Kier alpha value is -4.61. The molecule has 0 radical (unpaired) electrons. The molecule has 1 atom stereocenters. The van der Waals surface area contributed by atoms with Crippen LogP contribution in [-0.4, -0.2) is 65.6 Å². The molecule has 1 aliphatic heterocycles. The van der Waals surface area contributed by atoms with Crippen molar-refractivity contribution in [2.75, 3.05) is 38.3 Å². The van der Waals surface area contributed by atoms with Crippen LogP contribution < -0.4 is 16.8 Å². The molecule has 43 heavy (non-hydrogen) atoms. The molecule has 2 heterocycles. The smallest absolute Gasteiger partial charge is 0.407 e. The number of nitrogens with one attached hydrogen (secondary N) is 2. The number of imidazole rings is 1. The second-order valence-corrected chi connectivity index (χ2v) is 11.2. The number of benzene rings is 3. The Morgan fingerprint density at radius 1 is 0.977 bits per heavy atom. The molecule has 1 fully saturated rings. The van der Waals surface area contributed by atoms with Gasteiger partial charge in [-0.1, -0.05) is 50.2 Å². The van der Waals surface area contributed by atoms with Gasteiger partial charge < -0.3 is 40.9 Å². The normalized spacial score (nSPS) is 15.0. The Balaban J connectivity index is 1.39. The maximum Gasteiger partial charge on any atom is 0.407 e. The number of hydrogen-bond donors (Lipinski definition) is 4. The molecule has 4 aromatic rings. The van der Waals surface area contributed by atoms with Gasteiger partial charge in [-0.2, -0.15) is 0 Å². The molecule has 11 nitrogen and oxygen atoms in total. The fraction of sp³-hybridized carbons (Fsp3) is 0.344. The molecule has 11 heteroatoms. The summed E-state index contributed by atoms with van der Waals surface area (Å²) in [5.41, 5.74) is 18.7. The first-order valence-electron chi connectivity index (χ1n) is 14.2. The first-order chi connectivity index (χ1) is 20.5. The number of ether oxygens (including phenoxy) is 3. The number of nitrogens with two attached hydrogens (primary N) is 2. The van der Waals surface area contributed by atoms with E-state index in [1.807, 2.05) is 62.4 Å². The van der Waals surface area contributed by atoms with Crippen LogP contribution in [0.5, 0.6) is 0 Å². The van der Waals surface area contributed by atoms with Crippen LogP contribution in [0.15, 0.2) is 60.7 Å². The predicted molar refractivity (Wildman–Crippen MR) is 166 cm³/mol. The molecule has 2 amide bonds. The van der Waals surface area contributed by atoms with E-state index in [1.54, 1.807) is 11.8 Å². The van der Waals surface area contributed by atoms with E-state index in [9.17, 15) is 9.59 Å². The average Bonchev–Trinajstić information content (AvgIpc) is 3.61. The van der Waals surface area contributed by atoms with E-state index >= 15 is 0 Å². The number of carbonyl (C=O) groups excluding carboxylic acids is 2. The highest BCUT2D eigenvalue weighted by Gasteiger charge is 2.38. The van der Waals surface area contributed by atoms with Gasteiger partial charge in [0, 0.05) is 0 Å². The summed E-state index contributed by atoms with van der Waals surface area (Å²) in [6.07, 6.45) is -0.673. The summed E-state index contributed by atoms with van der Waals surface area (Å²) in [4.78, 5) is 35.5. The molecule has 0 aliphatic carbocycles. The maximum atomic E-state index is 13.8. The summed E-state index contributed by atoms with van der Waals surface area (Å²) in [7, 11) is 1.27. The number of H-pyrrole nitrogens is 1. The number of carbonyl (C=O) groups is 2. The molecular weight excluding hydrogens is 548 g/mol. The molecule has 1 aliphatic rings. The Labute approximate surface area is 250 Å². The summed E-state index contributed by atoms with van der Waals surface area (Å²) in [5, 5.41) is 2.66. The van der Waals surface area contributed by atoms with E-state index in [0.29, 0.717) is 30.4 Å². The lowest BCUT2D eigenvalue weighted by molar-refractivity contribution is -0.169. The summed E-state index contributed by atoms with van der Waals surface area (Å²) >= 11 is 0. The third-order valence-electron chi connectivity index (χ3n) is 7.59. The minimum Gasteiger partial charge on any atom is -0.453 e. The Morgan fingerprint density at radius 3 is 2.19 bits per heavy atom. The van der Waals surface area contributed by atoms with E-state index in [-0.39, 0.29) is 24.9 Å². The lowest BCUT2D eigenvalue weighted by Gasteiger charge is -2.34. The first kappa shape index (κ1) is 29.9. The Kier molecular flexibility index (Phi) is 8.56. The molecule has 1 saturated heterocycles. The highest BCUT2D eigenvalue weighted by molar-refractivity contribution is 5.86. The number of rotatable bonds is 9. The van der Waals surface area contributed by atoms with Gasteiger partial charge in [0.15, 0.2) is 5.79 Å². The van der Waals surface area contributed by atoms with Crippen molar-refractivity contribution in [3.8, 4) is 22.3 Å². The van der Waals surface area contributed by atoms with Crippen molar-refractivity contribution in [2.45, 2.75) is 39.1 Å². The number of aromatic nitrogens is 2. The standard InChI is InChI=1S/C32H38N6O5/c1-19(2)29(37-31(40)41-4)30(39)38(18-32(3)42-13-14-43-32)17-28-35-26-12-10-23(16-27(26)36-28)21-7-5-20(6-8-21)22-9-11-24(33)25(34)15-22/h5-12,15-16,19,29H,13-14,17-18,33-34H2,1-4H3,(H,35,36)(H,37,40). The molecule has 5 rings (SSSR count). The van der Waals surface area contributed by atoms with Crippen LogP contribution in [0.25, 0.3) is 33.3 Å². The zero-order valence-corrected chi connectivity index (χ0v) is 24.8. The van der Waals surface area contributed by atoms with Gasteiger partial charge in [0.25, 0.3) is 0 Å². The Bertz CT molecular complexity index is 1610. The number of anilines is 2. The fourth-order valence-corrected chi connectivity index (χ4v) is 5.21. The van der Waals surface area contributed by atoms with Crippen LogP contribution in [-0.2, 0) is 25.5 Å². The van der Waals surface area contributed by atoms with Crippen molar-refractivity contribution in [1.82, 2.24) is 20.2 Å². The topological polar surface area (TPSA) is 158 Å². The van der Waals surface area contributed by atoms with Gasteiger partial charge in [-0.3, -0.25) is 4.79 Å². The second kappa shape index (κ2) is 12.3. The predicted octanol–water partition coefficient (Wildman–Crippen LogP) is 4.53. The van der Waals surface area contributed by atoms with Crippen molar-refractivity contribution >= 4 is 34.4 Å². The monoisotopic (exact) mass is 586 g/mol. The number of alkyl carbamates (subject to hydrolysis) is 1. The van der Waals surface area contributed by atoms with E-state index in [4.69, 9.17) is 30.7 Å². The van der Waals surface area contributed by atoms with Crippen LogP contribution in [0.4, 0.5) is 16.2 Å². The van der Waals surface area contributed by atoms with Gasteiger partial charge in [0.1, 0.15) is 11.9 Å². The van der Waals surface area contributed by atoms with Crippen LogP contribution in [0.1, 0.15) is 26.6 Å².